The molecule has 1 saturated heterocycles. The monoisotopic (exact) mass is 367 g/mol. The Morgan fingerprint density at radius 2 is 1.81 bits per heavy atom. The minimum absolute atomic E-state index is 0.0241. The van der Waals surface area contributed by atoms with Crippen LogP contribution in [0.2, 0.25) is 0 Å². The molecular formula is C14H14BrN3O2S. The molecule has 0 radical (unpaired) electrons. The molecule has 0 bridgehead atoms. The number of piperazine rings is 1. The van der Waals surface area contributed by atoms with Gasteiger partial charge in [0.15, 0.2) is 0 Å². The van der Waals surface area contributed by atoms with Gasteiger partial charge in [0.2, 0.25) is 0 Å². The lowest BCUT2D eigenvalue weighted by molar-refractivity contribution is 0.0535. The van der Waals surface area contributed by atoms with E-state index in [2.05, 4.69) is 20.9 Å². The zero-order valence-corrected chi connectivity index (χ0v) is 13.6. The number of carbonyl (C=O) groups is 2. The first-order valence-electron chi connectivity index (χ1n) is 6.61. The molecule has 0 unspecified atom stereocenters. The van der Waals surface area contributed by atoms with Gasteiger partial charge in [-0.3, -0.25) is 9.59 Å². The lowest BCUT2D eigenvalue weighted by Crippen LogP contribution is -2.50. The van der Waals surface area contributed by atoms with Crippen LogP contribution < -0.4 is 0 Å². The van der Waals surface area contributed by atoms with Crippen molar-refractivity contribution in [1.82, 2.24) is 14.8 Å². The average molecular weight is 368 g/mol. The van der Waals surface area contributed by atoms with Gasteiger partial charge in [0.1, 0.15) is 5.69 Å². The van der Waals surface area contributed by atoms with Crippen LogP contribution in [-0.2, 0) is 0 Å². The van der Waals surface area contributed by atoms with Gasteiger partial charge in [-0.15, -0.1) is 11.3 Å². The van der Waals surface area contributed by atoms with Gasteiger partial charge in [-0.2, -0.15) is 0 Å². The highest BCUT2D eigenvalue weighted by atomic mass is 79.9. The minimum Gasteiger partial charge on any atom is -0.356 e. The summed E-state index contributed by atoms with van der Waals surface area (Å²) in [6.07, 6.45) is 1.74. The summed E-state index contributed by atoms with van der Waals surface area (Å²) >= 11 is 4.77. The Kier molecular flexibility index (Phi) is 4.12. The summed E-state index contributed by atoms with van der Waals surface area (Å²) in [4.78, 5) is 31.8. The molecule has 2 aromatic rings. The molecule has 21 heavy (non-hydrogen) atoms. The summed E-state index contributed by atoms with van der Waals surface area (Å²) < 4.78 is 0.859. The van der Waals surface area contributed by atoms with Crippen molar-refractivity contribution in [1.29, 1.82) is 0 Å². The zero-order valence-electron chi connectivity index (χ0n) is 11.2. The second kappa shape index (κ2) is 6.03. The molecule has 7 heteroatoms. The maximum Gasteiger partial charge on any atom is 0.270 e. The van der Waals surface area contributed by atoms with Gasteiger partial charge in [-0.05, 0) is 33.4 Å². The van der Waals surface area contributed by atoms with E-state index in [0.29, 0.717) is 31.9 Å². The summed E-state index contributed by atoms with van der Waals surface area (Å²) in [6.45, 7) is 2.27. The number of rotatable bonds is 2. The Morgan fingerprint density at radius 3 is 2.33 bits per heavy atom. The molecule has 2 amide bonds. The molecule has 0 atom stereocenters. The maximum absolute atomic E-state index is 12.3. The molecule has 1 aliphatic heterocycles. The van der Waals surface area contributed by atoms with Crippen molar-refractivity contribution in [3.8, 4) is 0 Å². The molecule has 1 N–H and O–H groups in total. The number of carbonyl (C=O) groups excluding carboxylic acids is 2. The van der Waals surface area contributed by atoms with Crippen LogP contribution in [0.5, 0.6) is 0 Å². The van der Waals surface area contributed by atoms with Crippen LogP contribution in [0.25, 0.3) is 0 Å². The molecule has 0 aromatic carbocycles. The summed E-state index contributed by atoms with van der Waals surface area (Å²) in [5, 5.41) is 1.90. The topological polar surface area (TPSA) is 56.4 Å². The van der Waals surface area contributed by atoms with Crippen LogP contribution in [0, 0.1) is 0 Å². The van der Waals surface area contributed by atoms with Crippen molar-refractivity contribution >= 4 is 39.1 Å². The van der Waals surface area contributed by atoms with Crippen molar-refractivity contribution in [2.24, 2.45) is 0 Å². The number of aromatic amines is 1. The van der Waals surface area contributed by atoms with E-state index in [1.54, 1.807) is 22.1 Å². The number of nitrogens with zero attached hydrogens (tertiary/aromatic N) is 2. The number of nitrogens with one attached hydrogen (secondary N) is 1. The zero-order chi connectivity index (χ0) is 14.8. The average Bonchev–Trinajstić information content (AvgIpc) is 3.17. The SMILES string of the molecule is O=C(c1cc(Br)c[nH]1)N1CCN(C(=O)c2cccs2)CC1. The summed E-state index contributed by atoms with van der Waals surface area (Å²) in [5.74, 6) is 0.0311. The van der Waals surface area contributed by atoms with Crippen LogP contribution >= 0.6 is 27.3 Å². The standard InChI is InChI=1S/C14H14BrN3O2S/c15-10-8-11(16-9-10)13(19)17-3-5-18(6-4-17)14(20)12-2-1-7-21-12/h1-2,7-9,16H,3-6H2. The fourth-order valence-corrected chi connectivity index (χ4v) is 3.36. The first-order valence-corrected chi connectivity index (χ1v) is 8.28. The fraction of sp³-hybridized carbons (Fsp3) is 0.286. The van der Waals surface area contributed by atoms with Gasteiger partial charge in [0, 0.05) is 36.8 Å². The van der Waals surface area contributed by atoms with E-state index >= 15 is 0 Å². The number of aromatic nitrogens is 1. The highest BCUT2D eigenvalue weighted by Crippen LogP contribution is 2.16. The van der Waals surface area contributed by atoms with E-state index < -0.39 is 0 Å². The second-order valence-corrected chi connectivity index (χ2v) is 6.66. The first-order chi connectivity index (χ1) is 10.1. The van der Waals surface area contributed by atoms with Gasteiger partial charge in [-0.25, -0.2) is 0 Å². The van der Waals surface area contributed by atoms with Gasteiger partial charge >= 0.3 is 0 Å². The van der Waals surface area contributed by atoms with E-state index in [4.69, 9.17) is 0 Å². The highest BCUT2D eigenvalue weighted by molar-refractivity contribution is 9.10. The first kappa shape index (κ1) is 14.3. The Morgan fingerprint density at radius 1 is 1.14 bits per heavy atom. The molecule has 2 aromatic heterocycles. The van der Waals surface area contributed by atoms with Crippen molar-refractivity contribution in [3.05, 3.63) is 44.8 Å². The largest absolute Gasteiger partial charge is 0.356 e. The molecule has 3 heterocycles. The molecule has 0 aliphatic carbocycles. The number of hydrogen-bond donors (Lipinski definition) is 1. The van der Waals surface area contributed by atoms with E-state index in [1.165, 1.54) is 11.3 Å². The van der Waals surface area contributed by atoms with Gasteiger partial charge in [0.05, 0.1) is 4.88 Å². The maximum atomic E-state index is 12.3. The van der Waals surface area contributed by atoms with E-state index in [-0.39, 0.29) is 11.8 Å². The van der Waals surface area contributed by atoms with Gasteiger partial charge in [0.25, 0.3) is 11.8 Å². The number of thiophene rings is 1. The van der Waals surface area contributed by atoms with Crippen LogP contribution in [0.15, 0.2) is 34.2 Å². The van der Waals surface area contributed by atoms with Crippen LogP contribution in [-0.4, -0.2) is 52.8 Å². The van der Waals surface area contributed by atoms with E-state index in [1.807, 2.05) is 17.5 Å². The van der Waals surface area contributed by atoms with E-state index in [0.717, 1.165) is 9.35 Å². The van der Waals surface area contributed by atoms with Crippen molar-refractivity contribution < 1.29 is 9.59 Å². The fourth-order valence-electron chi connectivity index (χ4n) is 2.33. The van der Waals surface area contributed by atoms with Crippen LogP contribution in [0.3, 0.4) is 0 Å². The molecule has 0 spiro atoms. The van der Waals surface area contributed by atoms with Gasteiger partial charge < -0.3 is 14.8 Å². The number of amides is 2. The highest BCUT2D eigenvalue weighted by Gasteiger charge is 2.26. The Bertz CT molecular complexity index is 645. The molecule has 1 aliphatic rings. The number of H-pyrrole nitrogens is 1. The van der Waals surface area contributed by atoms with E-state index in [9.17, 15) is 9.59 Å². The van der Waals surface area contributed by atoms with Crippen LogP contribution in [0.4, 0.5) is 0 Å². The number of hydrogen-bond acceptors (Lipinski definition) is 3. The summed E-state index contributed by atoms with van der Waals surface area (Å²) in [7, 11) is 0. The third-order valence-electron chi connectivity index (χ3n) is 3.46. The Hall–Kier alpha value is -1.60. The molecule has 3 rings (SSSR count). The van der Waals surface area contributed by atoms with Crippen molar-refractivity contribution in [2.45, 2.75) is 0 Å². The summed E-state index contributed by atoms with van der Waals surface area (Å²) in [5.41, 5.74) is 0.569. The predicted molar refractivity (Wildman–Crippen MR) is 84.6 cm³/mol. The third-order valence-corrected chi connectivity index (χ3v) is 4.78. The molecular weight excluding hydrogens is 354 g/mol. The number of halogens is 1. The van der Waals surface area contributed by atoms with Gasteiger partial charge in [-0.1, -0.05) is 6.07 Å². The third kappa shape index (κ3) is 3.03. The molecule has 5 nitrogen and oxygen atoms in total. The molecule has 1 fully saturated rings. The Balaban J connectivity index is 1.60. The lowest BCUT2D eigenvalue weighted by atomic mass is 10.2. The normalized spacial score (nSPS) is 15.3. The summed E-state index contributed by atoms with van der Waals surface area (Å²) in [6, 6.07) is 5.48. The van der Waals surface area contributed by atoms with Crippen LogP contribution in [0.1, 0.15) is 20.2 Å². The Labute approximate surface area is 134 Å². The smallest absolute Gasteiger partial charge is 0.270 e. The molecule has 110 valence electrons. The van der Waals surface area contributed by atoms with Crippen molar-refractivity contribution in [3.63, 3.8) is 0 Å². The minimum atomic E-state index is -0.0241. The predicted octanol–water partition coefficient (Wildman–Crippen LogP) is 2.44. The molecule has 0 saturated carbocycles. The second-order valence-electron chi connectivity index (χ2n) is 4.79. The quantitative estimate of drug-likeness (QED) is 0.885. The lowest BCUT2D eigenvalue weighted by Gasteiger charge is -2.34. The van der Waals surface area contributed by atoms with Crippen molar-refractivity contribution in [2.75, 3.05) is 26.2 Å².